The van der Waals surface area contributed by atoms with Gasteiger partial charge in [-0.05, 0) is 50.2 Å². The lowest BCUT2D eigenvalue weighted by atomic mass is 9.77. The summed E-state index contributed by atoms with van der Waals surface area (Å²) in [5.41, 5.74) is 0.251. The first-order valence-electron chi connectivity index (χ1n) is 10.2. The molecule has 6 nitrogen and oxygen atoms in total. The Balaban J connectivity index is 1.43. The molecule has 3 aliphatic rings. The molecule has 4 rings (SSSR count). The molecule has 1 atom stereocenters. The first-order chi connectivity index (χ1) is 13.0. The van der Waals surface area contributed by atoms with Crippen LogP contribution in [-0.4, -0.2) is 66.9 Å². The minimum absolute atomic E-state index is 0.00593. The predicted octanol–water partition coefficient (Wildman–Crippen LogP) is 2.40. The van der Waals surface area contributed by atoms with Gasteiger partial charge in [0.2, 0.25) is 5.91 Å². The van der Waals surface area contributed by atoms with Gasteiger partial charge in [-0.1, -0.05) is 6.42 Å². The van der Waals surface area contributed by atoms with E-state index in [0.717, 1.165) is 38.2 Å². The highest BCUT2D eigenvalue weighted by atomic mass is 16.2. The van der Waals surface area contributed by atoms with Crippen LogP contribution in [0.5, 0.6) is 0 Å². The third kappa shape index (κ3) is 3.42. The number of amides is 2. The summed E-state index contributed by atoms with van der Waals surface area (Å²) in [6.45, 7) is 3.03. The number of nitrogens with zero attached hydrogens (tertiary/aromatic N) is 4. The molecule has 1 saturated carbocycles. The standard InChI is InChI=1S/C21H30N4O2/c1-23(2)18-8-7-17(13-22-18)19(26)25-12-10-21(15-25)9-4-11-24(20(21)27)14-16-5-3-6-16/h7-8,13,16H,3-6,9-12,14-15H2,1-2H3/t21-/m0/s1. The number of piperidine rings is 1. The van der Waals surface area contributed by atoms with E-state index < -0.39 is 0 Å². The van der Waals surface area contributed by atoms with Crippen molar-refractivity contribution in [2.24, 2.45) is 11.3 Å². The SMILES string of the molecule is CN(C)c1ccc(C(=O)N2CC[C@@]3(CCCN(CC4CCC4)C3=O)C2)cn1. The molecule has 0 aromatic carbocycles. The van der Waals surface area contributed by atoms with Crippen LogP contribution in [0.1, 0.15) is 48.9 Å². The highest BCUT2D eigenvalue weighted by Crippen LogP contribution is 2.41. The molecular formula is C21H30N4O2. The summed E-state index contributed by atoms with van der Waals surface area (Å²) in [4.78, 5) is 36.4. The zero-order chi connectivity index (χ0) is 19.0. The number of rotatable bonds is 4. The van der Waals surface area contributed by atoms with Gasteiger partial charge in [-0.3, -0.25) is 9.59 Å². The topological polar surface area (TPSA) is 56.8 Å². The number of carbonyl (C=O) groups is 2. The highest BCUT2D eigenvalue weighted by molar-refractivity contribution is 5.95. The lowest BCUT2D eigenvalue weighted by Crippen LogP contribution is -2.52. The van der Waals surface area contributed by atoms with E-state index in [1.807, 2.05) is 36.0 Å². The number of hydrogen-bond acceptors (Lipinski definition) is 4. The first-order valence-corrected chi connectivity index (χ1v) is 10.2. The summed E-state index contributed by atoms with van der Waals surface area (Å²) >= 11 is 0. The molecule has 0 radical (unpaired) electrons. The molecule has 6 heteroatoms. The van der Waals surface area contributed by atoms with Gasteiger partial charge in [0.1, 0.15) is 5.82 Å². The fourth-order valence-corrected chi connectivity index (χ4v) is 4.70. The van der Waals surface area contributed by atoms with Crippen LogP contribution < -0.4 is 4.90 Å². The molecule has 27 heavy (non-hydrogen) atoms. The van der Waals surface area contributed by atoms with Gasteiger partial charge < -0.3 is 14.7 Å². The van der Waals surface area contributed by atoms with E-state index in [4.69, 9.17) is 0 Å². The maximum atomic E-state index is 13.2. The molecule has 0 unspecified atom stereocenters. The number of aromatic nitrogens is 1. The Morgan fingerprint density at radius 1 is 1.22 bits per heavy atom. The Morgan fingerprint density at radius 3 is 2.67 bits per heavy atom. The number of likely N-dealkylation sites (tertiary alicyclic amines) is 2. The second-order valence-corrected chi connectivity index (χ2v) is 8.71. The average Bonchev–Trinajstić information content (AvgIpc) is 3.06. The van der Waals surface area contributed by atoms with Crippen molar-refractivity contribution < 1.29 is 9.59 Å². The van der Waals surface area contributed by atoms with E-state index in [2.05, 4.69) is 9.88 Å². The van der Waals surface area contributed by atoms with Gasteiger partial charge in [0, 0.05) is 46.5 Å². The Bertz CT molecular complexity index is 713. The maximum absolute atomic E-state index is 13.2. The smallest absolute Gasteiger partial charge is 0.255 e. The fourth-order valence-electron chi connectivity index (χ4n) is 4.70. The van der Waals surface area contributed by atoms with Crippen LogP contribution in [0, 0.1) is 11.3 Å². The molecule has 146 valence electrons. The Labute approximate surface area is 161 Å². The minimum atomic E-state index is -0.353. The van der Waals surface area contributed by atoms with Crippen molar-refractivity contribution in [2.75, 3.05) is 45.2 Å². The molecule has 0 bridgehead atoms. The molecule has 2 amide bonds. The van der Waals surface area contributed by atoms with E-state index in [0.29, 0.717) is 24.6 Å². The molecular weight excluding hydrogens is 340 g/mol. The first kappa shape index (κ1) is 18.3. The monoisotopic (exact) mass is 370 g/mol. The van der Waals surface area contributed by atoms with E-state index in [9.17, 15) is 9.59 Å². The van der Waals surface area contributed by atoms with Crippen molar-refractivity contribution in [2.45, 2.75) is 38.5 Å². The average molecular weight is 370 g/mol. The van der Waals surface area contributed by atoms with Crippen molar-refractivity contribution >= 4 is 17.6 Å². The number of carbonyl (C=O) groups excluding carboxylic acids is 2. The normalized spacial score (nSPS) is 25.8. The van der Waals surface area contributed by atoms with E-state index in [-0.39, 0.29) is 17.2 Å². The predicted molar refractivity (Wildman–Crippen MR) is 105 cm³/mol. The minimum Gasteiger partial charge on any atom is -0.363 e. The molecule has 3 fully saturated rings. The summed E-state index contributed by atoms with van der Waals surface area (Å²) in [5, 5.41) is 0. The van der Waals surface area contributed by atoms with Crippen LogP contribution in [0.25, 0.3) is 0 Å². The van der Waals surface area contributed by atoms with Crippen LogP contribution >= 0.6 is 0 Å². The van der Waals surface area contributed by atoms with Gasteiger partial charge >= 0.3 is 0 Å². The van der Waals surface area contributed by atoms with Crippen LogP contribution in [0.2, 0.25) is 0 Å². The summed E-state index contributed by atoms with van der Waals surface area (Å²) in [6.07, 6.45) is 8.24. The van der Waals surface area contributed by atoms with Gasteiger partial charge in [0.05, 0.1) is 11.0 Å². The van der Waals surface area contributed by atoms with Crippen LogP contribution in [-0.2, 0) is 4.79 Å². The Hall–Kier alpha value is -2.11. The summed E-state index contributed by atoms with van der Waals surface area (Å²) in [7, 11) is 3.86. The molecule has 1 aromatic heterocycles. The van der Waals surface area contributed by atoms with Gasteiger partial charge in [0.15, 0.2) is 0 Å². The lowest BCUT2D eigenvalue weighted by Gasteiger charge is -2.42. The Kier molecular flexibility index (Phi) is 4.82. The fraction of sp³-hybridized carbons (Fsp3) is 0.667. The molecule has 0 N–H and O–H groups in total. The summed E-state index contributed by atoms with van der Waals surface area (Å²) < 4.78 is 0. The van der Waals surface area contributed by atoms with Gasteiger partial charge in [0.25, 0.3) is 5.91 Å². The van der Waals surface area contributed by atoms with Crippen molar-refractivity contribution in [1.29, 1.82) is 0 Å². The van der Waals surface area contributed by atoms with Gasteiger partial charge in [-0.2, -0.15) is 0 Å². The molecule has 2 saturated heterocycles. The van der Waals surface area contributed by atoms with E-state index in [1.165, 1.54) is 19.3 Å². The summed E-state index contributed by atoms with van der Waals surface area (Å²) in [5.74, 6) is 1.81. The molecule has 1 spiro atoms. The quantitative estimate of drug-likeness (QED) is 0.817. The van der Waals surface area contributed by atoms with Gasteiger partial charge in [-0.25, -0.2) is 4.98 Å². The second kappa shape index (κ2) is 7.13. The largest absolute Gasteiger partial charge is 0.363 e. The molecule has 1 aromatic rings. The second-order valence-electron chi connectivity index (χ2n) is 8.71. The molecule has 2 aliphatic heterocycles. The lowest BCUT2D eigenvalue weighted by molar-refractivity contribution is -0.146. The summed E-state index contributed by atoms with van der Waals surface area (Å²) in [6, 6.07) is 3.70. The van der Waals surface area contributed by atoms with Crippen LogP contribution in [0.4, 0.5) is 5.82 Å². The molecule has 3 heterocycles. The van der Waals surface area contributed by atoms with E-state index >= 15 is 0 Å². The van der Waals surface area contributed by atoms with Crippen molar-refractivity contribution in [3.05, 3.63) is 23.9 Å². The third-order valence-corrected chi connectivity index (χ3v) is 6.62. The number of anilines is 1. The van der Waals surface area contributed by atoms with Crippen molar-refractivity contribution in [3.63, 3.8) is 0 Å². The third-order valence-electron chi connectivity index (χ3n) is 6.62. The maximum Gasteiger partial charge on any atom is 0.255 e. The Morgan fingerprint density at radius 2 is 2.04 bits per heavy atom. The van der Waals surface area contributed by atoms with Gasteiger partial charge in [-0.15, -0.1) is 0 Å². The van der Waals surface area contributed by atoms with Crippen LogP contribution in [0.3, 0.4) is 0 Å². The van der Waals surface area contributed by atoms with Crippen molar-refractivity contribution in [1.82, 2.24) is 14.8 Å². The zero-order valence-electron chi connectivity index (χ0n) is 16.5. The molecule has 1 aliphatic carbocycles. The highest BCUT2D eigenvalue weighted by Gasteiger charge is 2.49. The van der Waals surface area contributed by atoms with Crippen molar-refractivity contribution in [3.8, 4) is 0 Å². The van der Waals surface area contributed by atoms with Crippen LogP contribution in [0.15, 0.2) is 18.3 Å². The number of hydrogen-bond donors (Lipinski definition) is 0. The van der Waals surface area contributed by atoms with E-state index in [1.54, 1.807) is 6.20 Å². The zero-order valence-corrected chi connectivity index (χ0v) is 16.5. The number of pyridine rings is 1.